The van der Waals surface area contributed by atoms with Gasteiger partial charge in [-0.1, -0.05) is 35.5 Å². The SMILES string of the molecule is CSc1nc(Cl)c(N)c(NCc2cccc(C#N)c2)n1. The summed E-state index contributed by atoms with van der Waals surface area (Å²) in [5, 5.41) is 12.8. The summed E-state index contributed by atoms with van der Waals surface area (Å²) >= 11 is 7.34. The third kappa shape index (κ3) is 3.32. The smallest absolute Gasteiger partial charge is 0.190 e. The van der Waals surface area contributed by atoms with Crippen molar-refractivity contribution >= 4 is 34.9 Å². The Morgan fingerprint density at radius 1 is 1.45 bits per heavy atom. The normalized spacial score (nSPS) is 10.1. The zero-order valence-electron chi connectivity index (χ0n) is 10.7. The summed E-state index contributed by atoms with van der Waals surface area (Å²) in [7, 11) is 0. The largest absolute Gasteiger partial charge is 0.393 e. The van der Waals surface area contributed by atoms with Crippen molar-refractivity contribution < 1.29 is 0 Å². The fourth-order valence-corrected chi connectivity index (χ4v) is 2.17. The number of hydrogen-bond acceptors (Lipinski definition) is 6. The van der Waals surface area contributed by atoms with Crippen LogP contribution in [0.3, 0.4) is 0 Å². The lowest BCUT2D eigenvalue weighted by molar-refractivity contribution is 0.960. The predicted octanol–water partition coefficient (Wildman–Crippen LogP) is 2.92. The van der Waals surface area contributed by atoms with Crippen LogP contribution in [0.5, 0.6) is 0 Å². The van der Waals surface area contributed by atoms with Gasteiger partial charge < -0.3 is 11.1 Å². The van der Waals surface area contributed by atoms with E-state index >= 15 is 0 Å². The van der Waals surface area contributed by atoms with Crippen molar-refractivity contribution in [2.45, 2.75) is 11.7 Å². The monoisotopic (exact) mass is 305 g/mol. The van der Waals surface area contributed by atoms with Crippen LogP contribution in [-0.2, 0) is 6.54 Å². The summed E-state index contributed by atoms with van der Waals surface area (Å²) < 4.78 is 0. The van der Waals surface area contributed by atoms with Gasteiger partial charge in [0.1, 0.15) is 5.69 Å². The Morgan fingerprint density at radius 2 is 2.25 bits per heavy atom. The van der Waals surface area contributed by atoms with Crippen LogP contribution in [0.25, 0.3) is 0 Å². The van der Waals surface area contributed by atoms with Crippen molar-refractivity contribution in [2.75, 3.05) is 17.3 Å². The fraction of sp³-hybridized carbons (Fsp3) is 0.154. The van der Waals surface area contributed by atoms with Gasteiger partial charge >= 0.3 is 0 Å². The Bertz CT molecular complexity index is 668. The van der Waals surface area contributed by atoms with E-state index in [1.54, 1.807) is 6.07 Å². The molecule has 3 N–H and O–H groups in total. The number of nitrogens with two attached hydrogens (primary N) is 1. The number of benzene rings is 1. The number of nitriles is 1. The van der Waals surface area contributed by atoms with E-state index in [9.17, 15) is 0 Å². The summed E-state index contributed by atoms with van der Waals surface area (Å²) in [6.45, 7) is 0.501. The number of rotatable bonds is 4. The van der Waals surface area contributed by atoms with Gasteiger partial charge in [0.15, 0.2) is 16.1 Å². The maximum atomic E-state index is 8.86. The van der Waals surface area contributed by atoms with Crippen molar-refractivity contribution in [3.63, 3.8) is 0 Å². The Morgan fingerprint density at radius 3 is 2.95 bits per heavy atom. The first-order valence-corrected chi connectivity index (χ1v) is 7.34. The quantitative estimate of drug-likeness (QED) is 0.513. The molecule has 1 aromatic heterocycles. The van der Waals surface area contributed by atoms with Gasteiger partial charge in [0.25, 0.3) is 0 Å². The zero-order valence-corrected chi connectivity index (χ0v) is 12.3. The molecule has 102 valence electrons. The molecule has 2 rings (SSSR count). The van der Waals surface area contributed by atoms with Gasteiger partial charge in [0, 0.05) is 6.54 Å². The lowest BCUT2D eigenvalue weighted by atomic mass is 10.1. The molecule has 7 heteroatoms. The molecule has 0 spiro atoms. The molecule has 0 unspecified atom stereocenters. The van der Waals surface area contributed by atoms with Gasteiger partial charge in [-0.25, -0.2) is 9.97 Å². The summed E-state index contributed by atoms with van der Waals surface area (Å²) in [5.74, 6) is 0.497. The Labute approximate surface area is 126 Å². The average Bonchev–Trinajstić information content (AvgIpc) is 2.48. The van der Waals surface area contributed by atoms with Crippen LogP contribution in [-0.4, -0.2) is 16.2 Å². The summed E-state index contributed by atoms with van der Waals surface area (Å²) in [5.41, 5.74) is 7.74. The van der Waals surface area contributed by atoms with Gasteiger partial charge in [0.2, 0.25) is 0 Å². The fourth-order valence-electron chi connectivity index (χ4n) is 1.59. The molecule has 0 radical (unpaired) electrons. The van der Waals surface area contributed by atoms with E-state index in [0.29, 0.717) is 28.8 Å². The van der Waals surface area contributed by atoms with E-state index in [2.05, 4.69) is 21.4 Å². The number of nitrogen functional groups attached to an aromatic ring is 1. The molecule has 0 aliphatic heterocycles. The highest BCUT2D eigenvalue weighted by Gasteiger charge is 2.09. The standard InChI is InChI=1S/C13H12ClN5S/c1-20-13-18-11(14)10(16)12(19-13)17-7-9-4-2-3-8(5-9)6-15/h2-5H,7,16H2,1H3,(H,17,18,19). The Kier molecular flexibility index (Phi) is 4.66. The van der Waals surface area contributed by atoms with Crippen LogP contribution in [0.1, 0.15) is 11.1 Å². The second kappa shape index (κ2) is 6.46. The second-order valence-corrected chi connectivity index (χ2v) is 5.06. The molecule has 1 aromatic carbocycles. The molecule has 0 fully saturated rings. The molecule has 1 heterocycles. The van der Waals surface area contributed by atoms with Gasteiger partial charge in [0.05, 0.1) is 11.6 Å². The van der Waals surface area contributed by atoms with Crippen molar-refractivity contribution in [1.29, 1.82) is 5.26 Å². The number of thioether (sulfide) groups is 1. The third-order valence-corrected chi connectivity index (χ3v) is 3.41. The van der Waals surface area contributed by atoms with Crippen molar-refractivity contribution in [3.8, 4) is 6.07 Å². The number of aromatic nitrogens is 2. The number of hydrogen-bond donors (Lipinski definition) is 2. The van der Waals surface area contributed by atoms with Gasteiger partial charge in [-0.2, -0.15) is 5.26 Å². The van der Waals surface area contributed by atoms with Crippen LogP contribution in [0, 0.1) is 11.3 Å². The average molecular weight is 306 g/mol. The molecule has 0 saturated heterocycles. The minimum atomic E-state index is 0.234. The molecular weight excluding hydrogens is 294 g/mol. The lowest BCUT2D eigenvalue weighted by Crippen LogP contribution is -2.07. The molecule has 0 atom stereocenters. The first-order chi connectivity index (χ1) is 9.63. The minimum Gasteiger partial charge on any atom is -0.393 e. The molecule has 0 bridgehead atoms. The van der Waals surface area contributed by atoms with Crippen LogP contribution in [0.2, 0.25) is 5.15 Å². The minimum absolute atomic E-state index is 0.234. The number of nitrogens with one attached hydrogen (secondary N) is 1. The van der Waals surface area contributed by atoms with Gasteiger partial charge in [-0.05, 0) is 24.0 Å². The molecule has 0 amide bonds. The topological polar surface area (TPSA) is 87.6 Å². The Balaban J connectivity index is 2.18. The van der Waals surface area contributed by atoms with Crippen LogP contribution < -0.4 is 11.1 Å². The molecule has 0 aliphatic carbocycles. The van der Waals surface area contributed by atoms with E-state index in [0.717, 1.165) is 5.56 Å². The first-order valence-electron chi connectivity index (χ1n) is 5.74. The number of anilines is 2. The van der Waals surface area contributed by atoms with Gasteiger partial charge in [-0.3, -0.25) is 0 Å². The van der Waals surface area contributed by atoms with Crippen LogP contribution in [0.4, 0.5) is 11.5 Å². The molecule has 0 aliphatic rings. The maximum absolute atomic E-state index is 8.86. The third-order valence-electron chi connectivity index (χ3n) is 2.58. The number of nitrogens with zero attached hydrogens (tertiary/aromatic N) is 3. The van der Waals surface area contributed by atoms with Gasteiger partial charge in [-0.15, -0.1) is 0 Å². The maximum Gasteiger partial charge on any atom is 0.190 e. The number of halogens is 1. The van der Waals surface area contributed by atoms with Crippen molar-refractivity contribution in [2.24, 2.45) is 0 Å². The molecule has 5 nitrogen and oxygen atoms in total. The van der Waals surface area contributed by atoms with E-state index in [1.807, 2.05) is 24.5 Å². The highest BCUT2D eigenvalue weighted by atomic mass is 35.5. The first kappa shape index (κ1) is 14.4. The van der Waals surface area contributed by atoms with Crippen LogP contribution >= 0.6 is 23.4 Å². The molecule has 20 heavy (non-hydrogen) atoms. The summed E-state index contributed by atoms with van der Waals surface area (Å²) in [6, 6.07) is 9.42. The predicted molar refractivity (Wildman–Crippen MR) is 81.7 cm³/mol. The van der Waals surface area contributed by atoms with E-state index in [1.165, 1.54) is 11.8 Å². The molecular formula is C13H12ClN5S. The van der Waals surface area contributed by atoms with E-state index < -0.39 is 0 Å². The second-order valence-electron chi connectivity index (χ2n) is 3.93. The zero-order chi connectivity index (χ0) is 14.5. The summed E-state index contributed by atoms with van der Waals surface area (Å²) in [4.78, 5) is 8.32. The Hall–Kier alpha value is -1.97. The lowest BCUT2D eigenvalue weighted by Gasteiger charge is -2.10. The molecule has 2 aromatic rings. The van der Waals surface area contributed by atoms with Crippen molar-refractivity contribution in [3.05, 3.63) is 40.5 Å². The van der Waals surface area contributed by atoms with Crippen LogP contribution in [0.15, 0.2) is 29.4 Å². The summed E-state index contributed by atoms with van der Waals surface area (Å²) in [6.07, 6.45) is 1.86. The molecule has 0 saturated carbocycles. The van der Waals surface area contributed by atoms with E-state index in [4.69, 9.17) is 22.6 Å². The van der Waals surface area contributed by atoms with Crippen molar-refractivity contribution in [1.82, 2.24) is 9.97 Å². The highest BCUT2D eigenvalue weighted by molar-refractivity contribution is 7.98. The van der Waals surface area contributed by atoms with E-state index in [-0.39, 0.29) is 5.15 Å². The highest BCUT2D eigenvalue weighted by Crippen LogP contribution is 2.26.